The number of benzene rings is 1. The van der Waals surface area contributed by atoms with Crippen LogP contribution in [-0.4, -0.2) is 26.8 Å². The van der Waals surface area contributed by atoms with Gasteiger partial charge in [0.15, 0.2) is 5.69 Å². The van der Waals surface area contributed by atoms with Crippen LogP contribution in [0, 0.1) is 0 Å². The molecule has 1 heterocycles. The Morgan fingerprint density at radius 1 is 1.60 bits per heavy atom. The molecule has 0 radical (unpaired) electrons. The van der Waals surface area contributed by atoms with E-state index in [1.165, 1.54) is 0 Å². The first kappa shape index (κ1) is 9.97. The van der Waals surface area contributed by atoms with Gasteiger partial charge in [0.2, 0.25) is 0 Å². The maximum Gasteiger partial charge on any atom is 0.357 e. The first-order chi connectivity index (χ1) is 7.24. The molecule has 0 atom stereocenters. The lowest BCUT2D eigenvalue weighted by atomic mass is 10.2. The largest absolute Gasteiger partial charge is 0.482 e. The van der Waals surface area contributed by atoms with E-state index in [1.807, 2.05) is 0 Å². The third-order valence-electron chi connectivity index (χ3n) is 1.96. The molecule has 5 nitrogen and oxygen atoms in total. The summed E-state index contributed by atoms with van der Waals surface area (Å²) in [5.74, 6) is -0.581. The zero-order chi connectivity index (χ0) is 10.8. The summed E-state index contributed by atoms with van der Waals surface area (Å²) >= 11 is 3.12. The Kier molecular flexibility index (Phi) is 2.59. The van der Waals surface area contributed by atoms with Gasteiger partial charge in [-0.05, 0) is 28.1 Å². The Balaban J connectivity index is 2.69. The molecule has 6 heteroatoms. The van der Waals surface area contributed by atoms with Crippen molar-refractivity contribution in [2.45, 2.75) is 0 Å². The lowest BCUT2D eigenvalue weighted by Gasteiger charge is -2.03. The van der Waals surface area contributed by atoms with E-state index in [0.717, 1.165) is 0 Å². The van der Waals surface area contributed by atoms with Crippen LogP contribution in [-0.2, 0) is 0 Å². The summed E-state index contributed by atoms with van der Waals surface area (Å²) in [5.41, 5.74) is 0.920. The number of hydrogen-bond acceptors (Lipinski definition) is 3. The highest BCUT2D eigenvalue weighted by Crippen LogP contribution is 2.27. The summed E-state index contributed by atoms with van der Waals surface area (Å²) in [6, 6.07) is 5.21. The predicted molar refractivity (Wildman–Crippen MR) is 57.5 cm³/mol. The van der Waals surface area contributed by atoms with Gasteiger partial charge >= 0.3 is 5.97 Å². The molecule has 15 heavy (non-hydrogen) atoms. The summed E-state index contributed by atoms with van der Waals surface area (Å²) in [5, 5.41) is 15.8. The molecule has 2 aromatic rings. The number of halogens is 1. The molecular weight excluding hydrogens is 264 g/mol. The first-order valence-corrected chi connectivity index (χ1v) is 5.25. The number of hydrogen-bond donors (Lipinski definition) is 2. The van der Waals surface area contributed by atoms with Gasteiger partial charge in [-0.3, -0.25) is 5.10 Å². The number of fused-ring (bicyclic) bond motifs is 1. The van der Waals surface area contributed by atoms with Crippen molar-refractivity contribution >= 4 is 32.8 Å². The van der Waals surface area contributed by atoms with Gasteiger partial charge in [-0.1, -0.05) is 6.07 Å². The quantitative estimate of drug-likeness (QED) is 0.837. The molecule has 0 aliphatic heterocycles. The van der Waals surface area contributed by atoms with E-state index < -0.39 is 5.97 Å². The minimum Gasteiger partial charge on any atom is -0.482 e. The Bertz CT molecular complexity index is 509. The number of carboxylic acid groups (broad SMARTS) is 1. The van der Waals surface area contributed by atoms with Crippen molar-refractivity contribution in [1.82, 2.24) is 10.2 Å². The fourth-order valence-corrected chi connectivity index (χ4v) is 1.62. The zero-order valence-corrected chi connectivity index (χ0v) is 9.11. The molecule has 0 unspecified atom stereocenters. The van der Waals surface area contributed by atoms with Crippen molar-refractivity contribution in [2.75, 3.05) is 5.52 Å². The van der Waals surface area contributed by atoms with Crippen molar-refractivity contribution in [3.8, 4) is 5.75 Å². The SMILES string of the molecule is O=C(O)c1n[nH]c2cccc(OCBr)c12. The summed E-state index contributed by atoms with van der Waals surface area (Å²) < 4.78 is 5.26. The van der Waals surface area contributed by atoms with Crippen molar-refractivity contribution < 1.29 is 14.6 Å². The number of ether oxygens (including phenoxy) is 1. The number of aromatic nitrogens is 2. The monoisotopic (exact) mass is 270 g/mol. The van der Waals surface area contributed by atoms with Crippen molar-refractivity contribution in [3.63, 3.8) is 0 Å². The number of H-pyrrole nitrogens is 1. The van der Waals surface area contributed by atoms with Gasteiger partial charge in [0.25, 0.3) is 0 Å². The second-order valence-electron chi connectivity index (χ2n) is 2.81. The Hall–Kier alpha value is -1.56. The van der Waals surface area contributed by atoms with Crippen LogP contribution >= 0.6 is 15.9 Å². The summed E-state index contributed by atoms with van der Waals surface area (Å²) in [6.07, 6.45) is 0. The molecule has 0 aliphatic carbocycles. The minimum absolute atomic E-state index is 0.0263. The standard InChI is InChI=1S/C9H7BrN2O3/c10-4-15-6-3-1-2-5-7(6)8(9(13)14)12-11-5/h1-3H,4H2,(H,11,12)(H,13,14). The van der Waals surface area contributed by atoms with Gasteiger partial charge in [-0.2, -0.15) is 5.10 Å². The second kappa shape index (κ2) is 3.90. The Morgan fingerprint density at radius 2 is 2.40 bits per heavy atom. The van der Waals surface area contributed by atoms with E-state index in [4.69, 9.17) is 9.84 Å². The third-order valence-corrected chi connectivity index (χ3v) is 2.19. The summed E-state index contributed by atoms with van der Waals surface area (Å²) in [6.45, 7) is 0. The second-order valence-corrected chi connectivity index (χ2v) is 3.27. The average Bonchev–Trinajstić information content (AvgIpc) is 2.62. The van der Waals surface area contributed by atoms with Gasteiger partial charge in [0.05, 0.1) is 10.9 Å². The maximum absolute atomic E-state index is 10.9. The molecule has 0 aliphatic rings. The first-order valence-electron chi connectivity index (χ1n) is 4.13. The van der Waals surface area contributed by atoms with Gasteiger partial charge in [-0.25, -0.2) is 4.79 Å². The van der Waals surface area contributed by atoms with Crippen LogP contribution in [0.2, 0.25) is 0 Å². The van der Waals surface area contributed by atoms with E-state index in [-0.39, 0.29) is 5.69 Å². The number of carbonyl (C=O) groups is 1. The minimum atomic E-state index is -1.08. The number of nitrogens with zero attached hydrogens (tertiary/aromatic N) is 1. The number of rotatable bonds is 3. The van der Waals surface area contributed by atoms with Crippen LogP contribution in [0.5, 0.6) is 5.75 Å². The van der Waals surface area contributed by atoms with Crippen LogP contribution in [0.1, 0.15) is 10.5 Å². The zero-order valence-electron chi connectivity index (χ0n) is 7.53. The molecule has 1 aromatic heterocycles. The van der Waals surface area contributed by atoms with Crippen molar-refractivity contribution in [3.05, 3.63) is 23.9 Å². The normalized spacial score (nSPS) is 10.5. The Labute approximate surface area is 93.2 Å². The van der Waals surface area contributed by atoms with Gasteiger partial charge in [-0.15, -0.1) is 0 Å². The molecule has 0 saturated heterocycles. The van der Waals surface area contributed by atoms with Gasteiger partial charge in [0.1, 0.15) is 11.3 Å². The lowest BCUT2D eigenvalue weighted by Crippen LogP contribution is -1.98. The highest BCUT2D eigenvalue weighted by atomic mass is 79.9. The summed E-state index contributed by atoms with van der Waals surface area (Å²) in [4.78, 5) is 10.9. The van der Waals surface area contributed by atoms with E-state index in [1.54, 1.807) is 18.2 Å². The molecule has 0 bridgehead atoms. The Morgan fingerprint density at radius 3 is 3.07 bits per heavy atom. The van der Waals surface area contributed by atoms with Crippen LogP contribution in [0.15, 0.2) is 18.2 Å². The van der Waals surface area contributed by atoms with Gasteiger partial charge in [0, 0.05) is 0 Å². The fourth-order valence-electron chi connectivity index (χ4n) is 1.37. The van der Waals surface area contributed by atoms with E-state index in [2.05, 4.69) is 26.1 Å². The molecule has 0 fully saturated rings. The van der Waals surface area contributed by atoms with E-state index in [9.17, 15) is 4.79 Å². The van der Waals surface area contributed by atoms with E-state index in [0.29, 0.717) is 22.2 Å². The number of aromatic amines is 1. The molecule has 78 valence electrons. The topological polar surface area (TPSA) is 75.2 Å². The summed E-state index contributed by atoms with van der Waals surface area (Å²) in [7, 11) is 0. The lowest BCUT2D eigenvalue weighted by molar-refractivity contribution is 0.0692. The molecule has 0 saturated carbocycles. The smallest absolute Gasteiger partial charge is 0.357 e. The average molecular weight is 271 g/mol. The molecule has 2 N–H and O–H groups in total. The highest BCUT2D eigenvalue weighted by Gasteiger charge is 2.16. The molecular formula is C9H7BrN2O3. The predicted octanol–water partition coefficient (Wildman–Crippen LogP) is 1.99. The van der Waals surface area contributed by atoms with Crippen LogP contribution in [0.25, 0.3) is 10.9 Å². The number of aromatic carboxylic acids is 1. The van der Waals surface area contributed by atoms with Crippen molar-refractivity contribution in [1.29, 1.82) is 0 Å². The molecule has 2 rings (SSSR count). The van der Waals surface area contributed by atoms with Crippen LogP contribution in [0.4, 0.5) is 0 Å². The number of alkyl halides is 1. The number of carboxylic acids is 1. The molecule has 0 spiro atoms. The van der Waals surface area contributed by atoms with Crippen LogP contribution < -0.4 is 4.74 Å². The van der Waals surface area contributed by atoms with Crippen molar-refractivity contribution in [2.24, 2.45) is 0 Å². The fraction of sp³-hybridized carbons (Fsp3) is 0.111. The molecule has 1 aromatic carbocycles. The molecule has 0 amide bonds. The maximum atomic E-state index is 10.9. The highest BCUT2D eigenvalue weighted by molar-refractivity contribution is 9.09. The third kappa shape index (κ3) is 1.68. The van der Waals surface area contributed by atoms with E-state index >= 15 is 0 Å². The number of nitrogens with one attached hydrogen (secondary N) is 1. The van der Waals surface area contributed by atoms with Crippen LogP contribution in [0.3, 0.4) is 0 Å². The van der Waals surface area contributed by atoms with Gasteiger partial charge < -0.3 is 9.84 Å².